The zero-order valence-corrected chi connectivity index (χ0v) is 10.2. The van der Waals surface area contributed by atoms with Crippen LogP contribution in [0.3, 0.4) is 0 Å². The van der Waals surface area contributed by atoms with E-state index in [1.165, 1.54) is 0 Å². The first kappa shape index (κ1) is 15.9. The zero-order valence-electron chi connectivity index (χ0n) is 10.2. The van der Waals surface area contributed by atoms with Gasteiger partial charge < -0.3 is 25.2 Å². The van der Waals surface area contributed by atoms with E-state index in [4.69, 9.17) is 9.84 Å². The van der Waals surface area contributed by atoms with Crippen LogP contribution < -0.4 is 5.32 Å². The molecule has 10 heteroatoms. The van der Waals surface area contributed by atoms with Crippen LogP contribution in [-0.4, -0.2) is 82.2 Å². The third-order valence-corrected chi connectivity index (χ3v) is 2.87. The Morgan fingerprint density at radius 1 is 1.37 bits per heavy atom. The van der Waals surface area contributed by atoms with Gasteiger partial charge in [-0.25, -0.2) is 0 Å². The van der Waals surface area contributed by atoms with E-state index >= 15 is 0 Å². The van der Waals surface area contributed by atoms with E-state index in [1.807, 2.05) is 0 Å². The van der Waals surface area contributed by atoms with Crippen molar-refractivity contribution in [3.8, 4) is 0 Å². The molecular weight excluding hydrogens is 262 g/mol. The summed E-state index contributed by atoms with van der Waals surface area (Å²) >= 11 is 0. The maximum Gasteiger partial charge on any atom is 0.258 e. The highest BCUT2D eigenvalue weighted by Crippen LogP contribution is 2.19. The number of carbonyl (C=O) groups excluding carboxylic acids is 1. The lowest BCUT2D eigenvalue weighted by Gasteiger charge is -2.40. The molecule has 5 atom stereocenters. The fourth-order valence-electron chi connectivity index (χ4n) is 1.68. The minimum atomic E-state index is -1.52. The lowest BCUT2D eigenvalue weighted by Crippen LogP contribution is -2.64. The maximum absolute atomic E-state index is 11.3. The summed E-state index contributed by atoms with van der Waals surface area (Å²) in [7, 11) is 1.15. The Morgan fingerprint density at radius 3 is 2.53 bits per heavy atom. The molecule has 1 aliphatic heterocycles. The van der Waals surface area contributed by atoms with E-state index in [2.05, 4.69) is 10.6 Å². The number of rotatable bonds is 5. The molecule has 3 unspecified atom stereocenters. The van der Waals surface area contributed by atoms with Crippen molar-refractivity contribution in [2.24, 2.45) is 5.29 Å². The highest BCUT2D eigenvalue weighted by Gasteiger charge is 2.43. The molecule has 1 saturated heterocycles. The van der Waals surface area contributed by atoms with Crippen molar-refractivity contribution in [2.75, 3.05) is 20.2 Å². The van der Waals surface area contributed by atoms with Crippen molar-refractivity contribution in [2.45, 2.75) is 30.6 Å². The predicted octanol–water partition coefficient (Wildman–Crippen LogP) is -3.48. The van der Waals surface area contributed by atoms with Gasteiger partial charge in [0.25, 0.3) is 5.91 Å². The summed E-state index contributed by atoms with van der Waals surface area (Å²) in [6.07, 6.45) is -5.48. The first-order valence-electron chi connectivity index (χ1n) is 5.56. The third-order valence-electron chi connectivity index (χ3n) is 2.87. The highest BCUT2D eigenvalue weighted by molar-refractivity contribution is 5.77. The Kier molecular flexibility index (Phi) is 5.72. The molecular formula is C9H17N3O7. The van der Waals surface area contributed by atoms with Gasteiger partial charge in [-0.1, -0.05) is 0 Å². The van der Waals surface area contributed by atoms with Gasteiger partial charge in [0.05, 0.1) is 24.5 Å². The smallest absolute Gasteiger partial charge is 0.258 e. The number of carbonyl (C=O) groups is 1. The van der Waals surface area contributed by atoms with Gasteiger partial charge in [0.2, 0.25) is 0 Å². The van der Waals surface area contributed by atoms with Crippen molar-refractivity contribution in [3.05, 3.63) is 4.91 Å². The molecule has 1 amide bonds. The van der Waals surface area contributed by atoms with E-state index in [-0.39, 0.29) is 6.54 Å². The number of aliphatic hydroxyl groups is 4. The lowest BCUT2D eigenvalue weighted by atomic mass is 9.97. The van der Waals surface area contributed by atoms with Gasteiger partial charge in [-0.2, -0.15) is 5.01 Å². The molecule has 0 aromatic carbocycles. The molecule has 0 bridgehead atoms. The molecule has 0 saturated carbocycles. The maximum atomic E-state index is 11.3. The second-order valence-corrected chi connectivity index (χ2v) is 4.13. The van der Waals surface area contributed by atoms with Crippen LogP contribution in [0.5, 0.6) is 0 Å². The molecule has 1 rings (SSSR count). The van der Waals surface area contributed by atoms with Crippen LogP contribution >= 0.6 is 0 Å². The Hall–Kier alpha value is -1.17. The minimum absolute atomic E-state index is 0.388. The van der Waals surface area contributed by atoms with Crippen molar-refractivity contribution in [1.82, 2.24) is 10.3 Å². The van der Waals surface area contributed by atoms with Gasteiger partial charge in [0.15, 0.2) is 6.29 Å². The summed E-state index contributed by atoms with van der Waals surface area (Å²) < 4.78 is 4.87. The molecule has 0 aromatic rings. The Bertz CT molecular complexity index is 329. The third kappa shape index (κ3) is 3.65. The number of hydrogen-bond acceptors (Lipinski definition) is 9. The van der Waals surface area contributed by atoms with E-state index < -0.39 is 43.2 Å². The van der Waals surface area contributed by atoms with Crippen molar-refractivity contribution in [3.63, 3.8) is 0 Å². The highest BCUT2D eigenvalue weighted by atomic mass is 16.6. The average molecular weight is 279 g/mol. The van der Waals surface area contributed by atoms with E-state index in [9.17, 15) is 25.0 Å². The lowest BCUT2D eigenvalue weighted by molar-refractivity contribution is -0.254. The van der Waals surface area contributed by atoms with Crippen LogP contribution in [0, 0.1) is 4.91 Å². The van der Waals surface area contributed by atoms with Gasteiger partial charge in [-0.3, -0.25) is 10.1 Å². The van der Waals surface area contributed by atoms with Crippen LogP contribution in [0.4, 0.5) is 0 Å². The largest absolute Gasteiger partial charge is 0.394 e. The first-order chi connectivity index (χ1) is 8.92. The minimum Gasteiger partial charge on any atom is -0.394 e. The molecule has 1 aliphatic rings. The predicted molar refractivity (Wildman–Crippen MR) is 60.3 cm³/mol. The average Bonchev–Trinajstić information content (AvgIpc) is 2.41. The molecule has 5 N–H and O–H groups in total. The molecule has 0 aromatic heterocycles. The number of nitrogens with one attached hydrogen (secondary N) is 1. The van der Waals surface area contributed by atoms with Crippen molar-refractivity contribution < 1.29 is 30.0 Å². The van der Waals surface area contributed by atoms with Crippen molar-refractivity contribution in [1.29, 1.82) is 0 Å². The molecule has 19 heavy (non-hydrogen) atoms. The summed E-state index contributed by atoms with van der Waals surface area (Å²) in [6, 6.07) is -1.14. The Morgan fingerprint density at radius 2 is 2.00 bits per heavy atom. The van der Waals surface area contributed by atoms with Gasteiger partial charge in [-0.15, -0.1) is 4.91 Å². The van der Waals surface area contributed by atoms with Gasteiger partial charge in [-0.05, 0) is 0 Å². The molecule has 0 radical (unpaired) electrons. The normalized spacial score (nSPS) is 34.9. The molecule has 0 aliphatic carbocycles. The number of ether oxygens (including phenoxy) is 1. The molecule has 1 fully saturated rings. The van der Waals surface area contributed by atoms with E-state index in [0.29, 0.717) is 5.01 Å². The molecule has 110 valence electrons. The number of amides is 1. The number of likely N-dealkylation sites (N-methyl/N-ethyl adjacent to an activating group) is 1. The fourth-order valence-corrected chi connectivity index (χ4v) is 1.68. The first-order valence-corrected chi connectivity index (χ1v) is 5.56. The van der Waals surface area contributed by atoms with Crippen LogP contribution in [-0.2, 0) is 9.53 Å². The van der Waals surface area contributed by atoms with Gasteiger partial charge >= 0.3 is 0 Å². The summed E-state index contributed by atoms with van der Waals surface area (Å²) in [4.78, 5) is 21.4. The summed E-state index contributed by atoms with van der Waals surface area (Å²) in [6.45, 7) is -0.959. The quantitative estimate of drug-likeness (QED) is 0.257. The molecule has 10 nitrogen and oxygen atoms in total. The van der Waals surface area contributed by atoms with Crippen LogP contribution in [0.1, 0.15) is 0 Å². The standard InChI is InChI=1S/C9H17N3O7/c1-12(11-18)5(14)2-10-6-8(16)7(15)4(3-13)19-9(6)17/h4,6-10,13,15-17H,2-3H2,1H3/t4?,6?,7-,8?,9+/m1/s1. The number of nitrogens with zero attached hydrogens (tertiary/aromatic N) is 2. The second kappa shape index (κ2) is 6.84. The second-order valence-electron chi connectivity index (χ2n) is 4.13. The number of aliphatic hydroxyl groups excluding tert-OH is 4. The molecule has 0 spiro atoms. The van der Waals surface area contributed by atoms with Gasteiger partial charge in [0, 0.05) is 7.05 Å². The van der Waals surface area contributed by atoms with Gasteiger partial charge in [0.1, 0.15) is 18.3 Å². The van der Waals surface area contributed by atoms with E-state index in [1.54, 1.807) is 0 Å². The number of nitroso groups, excluding NO2 is 1. The summed E-state index contributed by atoms with van der Waals surface area (Å²) in [5, 5.41) is 43.2. The van der Waals surface area contributed by atoms with E-state index in [0.717, 1.165) is 7.05 Å². The monoisotopic (exact) mass is 279 g/mol. The summed E-state index contributed by atoms with van der Waals surface area (Å²) in [5.41, 5.74) is 0. The van der Waals surface area contributed by atoms with Crippen molar-refractivity contribution >= 4 is 5.91 Å². The zero-order chi connectivity index (χ0) is 14.6. The van der Waals surface area contributed by atoms with Crippen LogP contribution in [0.15, 0.2) is 5.29 Å². The number of hydrogen-bond donors (Lipinski definition) is 5. The Labute approximate surface area is 108 Å². The SMILES string of the molecule is CN(N=O)C(=O)CNC1C(O)[C@H](O)C(CO)O[C@@H]1O. The van der Waals surface area contributed by atoms with Crippen LogP contribution in [0.25, 0.3) is 0 Å². The van der Waals surface area contributed by atoms with Crippen LogP contribution in [0.2, 0.25) is 0 Å². The Balaban J connectivity index is 2.58. The summed E-state index contributed by atoms with van der Waals surface area (Å²) in [5.74, 6) is -0.687. The fraction of sp³-hybridized carbons (Fsp3) is 0.889. The topological polar surface area (TPSA) is 152 Å². The molecule has 1 heterocycles.